The highest BCUT2D eigenvalue weighted by molar-refractivity contribution is 6.06. The van der Waals surface area contributed by atoms with Crippen molar-refractivity contribution in [3.8, 4) is 11.5 Å². The number of nitrogens with one attached hydrogen (secondary N) is 1. The van der Waals surface area contributed by atoms with Crippen molar-refractivity contribution in [1.82, 2.24) is 4.98 Å². The molecule has 150 valence electrons. The second-order valence-electron chi connectivity index (χ2n) is 6.36. The number of benzene rings is 2. The molecule has 6 nitrogen and oxygen atoms in total. The first-order chi connectivity index (χ1) is 14.2. The van der Waals surface area contributed by atoms with E-state index in [1.54, 1.807) is 37.4 Å². The monoisotopic (exact) mass is 391 g/mol. The maximum absolute atomic E-state index is 13.0. The van der Waals surface area contributed by atoms with Crippen molar-refractivity contribution in [3.63, 3.8) is 0 Å². The van der Waals surface area contributed by atoms with Crippen molar-refractivity contribution < 1.29 is 14.3 Å². The Hall–Kier alpha value is -3.54. The Morgan fingerprint density at radius 3 is 2.45 bits per heavy atom. The van der Waals surface area contributed by atoms with E-state index in [-0.39, 0.29) is 5.91 Å². The van der Waals surface area contributed by atoms with E-state index in [4.69, 9.17) is 9.47 Å². The summed E-state index contributed by atoms with van der Waals surface area (Å²) in [5.74, 6) is 1.93. The smallest absolute Gasteiger partial charge is 0.258 e. The summed E-state index contributed by atoms with van der Waals surface area (Å²) in [7, 11) is 3.22. The van der Waals surface area contributed by atoms with Gasteiger partial charge < -0.3 is 19.7 Å². The molecule has 3 rings (SSSR count). The van der Waals surface area contributed by atoms with Crippen molar-refractivity contribution in [2.75, 3.05) is 31.0 Å². The van der Waals surface area contributed by atoms with Gasteiger partial charge in [-0.15, -0.1) is 0 Å². The van der Waals surface area contributed by atoms with Gasteiger partial charge in [-0.05, 0) is 48.9 Å². The SMILES string of the molecule is CCN(C(=O)c1ccnc(NCc2ccc(OC)c(OC)c2)c1)c1ccccc1. The number of para-hydroxylation sites is 1. The van der Waals surface area contributed by atoms with Crippen LogP contribution in [0.15, 0.2) is 66.9 Å². The molecule has 0 spiro atoms. The zero-order chi connectivity index (χ0) is 20.6. The molecule has 1 amide bonds. The summed E-state index contributed by atoms with van der Waals surface area (Å²) in [6, 6.07) is 18.9. The second kappa shape index (κ2) is 9.59. The lowest BCUT2D eigenvalue weighted by molar-refractivity contribution is 0.0988. The molecule has 1 heterocycles. The van der Waals surface area contributed by atoms with Crippen molar-refractivity contribution in [2.24, 2.45) is 0 Å². The van der Waals surface area contributed by atoms with Crippen LogP contribution in [-0.2, 0) is 6.54 Å². The Kier molecular flexibility index (Phi) is 6.68. The lowest BCUT2D eigenvalue weighted by Gasteiger charge is -2.21. The van der Waals surface area contributed by atoms with Crippen LogP contribution in [0, 0.1) is 0 Å². The summed E-state index contributed by atoms with van der Waals surface area (Å²) in [6.07, 6.45) is 1.64. The van der Waals surface area contributed by atoms with E-state index < -0.39 is 0 Å². The van der Waals surface area contributed by atoms with Gasteiger partial charge in [0.1, 0.15) is 5.82 Å². The summed E-state index contributed by atoms with van der Waals surface area (Å²) >= 11 is 0. The molecule has 1 aromatic heterocycles. The average molecular weight is 391 g/mol. The lowest BCUT2D eigenvalue weighted by Crippen LogP contribution is -2.30. The van der Waals surface area contributed by atoms with Gasteiger partial charge in [0.2, 0.25) is 0 Å². The van der Waals surface area contributed by atoms with Gasteiger partial charge in [0, 0.05) is 30.5 Å². The van der Waals surface area contributed by atoms with Crippen molar-refractivity contribution >= 4 is 17.4 Å². The van der Waals surface area contributed by atoms with Gasteiger partial charge in [0.05, 0.1) is 14.2 Å². The third-order valence-corrected chi connectivity index (χ3v) is 4.56. The third kappa shape index (κ3) is 4.85. The van der Waals surface area contributed by atoms with Gasteiger partial charge in [0.15, 0.2) is 11.5 Å². The fraction of sp³-hybridized carbons (Fsp3) is 0.217. The highest BCUT2D eigenvalue weighted by Gasteiger charge is 2.16. The molecular formula is C23H25N3O3. The number of ether oxygens (including phenoxy) is 2. The lowest BCUT2D eigenvalue weighted by atomic mass is 10.2. The molecule has 0 saturated carbocycles. The van der Waals surface area contributed by atoms with Crippen molar-refractivity contribution in [3.05, 3.63) is 78.0 Å². The predicted molar refractivity (Wildman–Crippen MR) is 115 cm³/mol. The van der Waals surface area contributed by atoms with Gasteiger partial charge >= 0.3 is 0 Å². The zero-order valence-corrected chi connectivity index (χ0v) is 16.9. The van der Waals surface area contributed by atoms with E-state index in [2.05, 4.69) is 10.3 Å². The van der Waals surface area contributed by atoms with Crippen LogP contribution >= 0.6 is 0 Å². The topological polar surface area (TPSA) is 63.7 Å². The average Bonchev–Trinajstić information content (AvgIpc) is 2.78. The normalized spacial score (nSPS) is 10.3. The number of pyridine rings is 1. The first-order valence-electron chi connectivity index (χ1n) is 9.44. The number of carbonyl (C=O) groups excluding carboxylic acids is 1. The Labute approximate surface area is 171 Å². The number of carbonyl (C=O) groups is 1. The van der Waals surface area contributed by atoms with E-state index in [9.17, 15) is 4.79 Å². The van der Waals surface area contributed by atoms with Gasteiger partial charge in [-0.25, -0.2) is 4.98 Å². The van der Waals surface area contributed by atoms with E-state index in [0.29, 0.717) is 36.0 Å². The van der Waals surface area contributed by atoms with Crippen LogP contribution in [0.3, 0.4) is 0 Å². The Bertz CT molecular complexity index is 961. The molecule has 3 aromatic rings. The molecule has 0 unspecified atom stereocenters. The van der Waals surface area contributed by atoms with Crippen molar-refractivity contribution in [1.29, 1.82) is 0 Å². The highest BCUT2D eigenvalue weighted by atomic mass is 16.5. The molecule has 1 N–H and O–H groups in total. The van der Waals surface area contributed by atoms with Gasteiger partial charge in [0.25, 0.3) is 5.91 Å². The number of anilines is 2. The van der Waals surface area contributed by atoms with E-state index in [0.717, 1.165) is 11.3 Å². The zero-order valence-electron chi connectivity index (χ0n) is 16.9. The highest BCUT2D eigenvalue weighted by Crippen LogP contribution is 2.27. The summed E-state index contributed by atoms with van der Waals surface area (Å²) in [6.45, 7) is 3.09. The molecule has 0 aliphatic heterocycles. The standard InChI is InChI=1S/C23H25N3O3/c1-4-26(19-8-6-5-7-9-19)23(27)18-12-13-24-22(15-18)25-16-17-10-11-20(28-2)21(14-17)29-3/h5-15H,4,16H2,1-3H3,(H,24,25). The van der Waals surface area contributed by atoms with Crippen molar-refractivity contribution in [2.45, 2.75) is 13.5 Å². The number of hydrogen-bond donors (Lipinski definition) is 1. The van der Waals surface area contributed by atoms with E-state index in [1.165, 1.54) is 0 Å². The molecule has 29 heavy (non-hydrogen) atoms. The van der Waals surface area contributed by atoms with Gasteiger partial charge in [-0.2, -0.15) is 0 Å². The van der Waals surface area contributed by atoms with Crippen LogP contribution in [0.25, 0.3) is 0 Å². The maximum Gasteiger partial charge on any atom is 0.258 e. The minimum absolute atomic E-state index is 0.0599. The molecule has 0 radical (unpaired) electrons. The van der Waals surface area contributed by atoms with Gasteiger partial charge in [-0.3, -0.25) is 4.79 Å². The molecule has 0 bridgehead atoms. The molecular weight excluding hydrogens is 366 g/mol. The minimum atomic E-state index is -0.0599. The van der Waals surface area contributed by atoms with Crippen LogP contribution < -0.4 is 19.7 Å². The largest absolute Gasteiger partial charge is 0.493 e. The third-order valence-electron chi connectivity index (χ3n) is 4.56. The van der Waals surface area contributed by atoms with E-state index in [1.807, 2.05) is 55.5 Å². The number of aromatic nitrogens is 1. The fourth-order valence-electron chi connectivity index (χ4n) is 3.05. The molecule has 6 heteroatoms. The number of hydrogen-bond acceptors (Lipinski definition) is 5. The molecule has 0 aliphatic rings. The number of amides is 1. The maximum atomic E-state index is 13.0. The summed E-state index contributed by atoms with van der Waals surface area (Å²) < 4.78 is 10.6. The van der Waals surface area contributed by atoms with E-state index >= 15 is 0 Å². The molecule has 0 fully saturated rings. The quantitative estimate of drug-likeness (QED) is 0.617. The summed E-state index contributed by atoms with van der Waals surface area (Å²) in [5, 5.41) is 3.26. The molecule has 0 atom stereocenters. The van der Waals surface area contributed by atoms with Gasteiger partial charge in [-0.1, -0.05) is 24.3 Å². The van der Waals surface area contributed by atoms with Crippen LogP contribution in [0.4, 0.5) is 11.5 Å². The second-order valence-corrected chi connectivity index (χ2v) is 6.36. The predicted octanol–water partition coefficient (Wildman–Crippen LogP) is 4.38. The first kappa shape index (κ1) is 20.2. The number of rotatable bonds is 8. The molecule has 0 saturated heterocycles. The summed E-state index contributed by atoms with van der Waals surface area (Å²) in [5.41, 5.74) is 2.47. The number of methoxy groups -OCH3 is 2. The first-order valence-corrected chi connectivity index (χ1v) is 9.44. The number of nitrogens with zero attached hydrogens (tertiary/aromatic N) is 2. The van der Waals surface area contributed by atoms with Crippen LogP contribution in [-0.4, -0.2) is 31.7 Å². The Morgan fingerprint density at radius 1 is 1.00 bits per heavy atom. The fourth-order valence-corrected chi connectivity index (χ4v) is 3.05. The van der Waals surface area contributed by atoms with Crippen LogP contribution in [0.1, 0.15) is 22.8 Å². The minimum Gasteiger partial charge on any atom is -0.493 e. The van der Waals surface area contributed by atoms with Crippen LogP contribution in [0.5, 0.6) is 11.5 Å². The Morgan fingerprint density at radius 2 is 1.76 bits per heavy atom. The van der Waals surface area contributed by atoms with Crippen LogP contribution in [0.2, 0.25) is 0 Å². The molecule has 2 aromatic carbocycles. The Balaban J connectivity index is 1.73. The summed E-state index contributed by atoms with van der Waals surface area (Å²) in [4.78, 5) is 19.1. The molecule has 0 aliphatic carbocycles.